The summed E-state index contributed by atoms with van der Waals surface area (Å²) < 4.78 is 14.1. The topological polar surface area (TPSA) is 111 Å². The first-order chi connectivity index (χ1) is 15.3. The predicted molar refractivity (Wildman–Crippen MR) is 120 cm³/mol. The number of imidazole rings is 1. The lowest BCUT2D eigenvalue weighted by molar-refractivity contribution is 0.0915. The second kappa shape index (κ2) is 8.89. The molecule has 0 saturated carbocycles. The van der Waals surface area contributed by atoms with Crippen LogP contribution in [0.25, 0.3) is 11.2 Å². The number of aryl methyl sites for hydroxylation is 2. The first-order valence-electron chi connectivity index (χ1n) is 9.82. The number of aromatic amines is 1. The summed E-state index contributed by atoms with van der Waals surface area (Å²) in [6.07, 6.45) is -1.000. The number of rotatable bonds is 7. The molecule has 1 atom stereocenters. The van der Waals surface area contributed by atoms with Crippen LogP contribution in [0.3, 0.4) is 0 Å². The quantitative estimate of drug-likeness (QED) is 0.442. The predicted octanol–water partition coefficient (Wildman–Crippen LogP) is 2.62. The Bertz CT molecular complexity index is 1360. The van der Waals surface area contributed by atoms with Gasteiger partial charge in [0.05, 0.1) is 6.54 Å². The summed E-state index contributed by atoms with van der Waals surface area (Å²) in [5, 5.41) is 11.2. The summed E-state index contributed by atoms with van der Waals surface area (Å²) in [6, 6.07) is 14.1. The summed E-state index contributed by atoms with van der Waals surface area (Å²) in [5.74, 6) is 1.04. The summed E-state index contributed by atoms with van der Waals surface area (Å²) in [6.45, 7) is 1.85. The third-order valence-corrected chi connectivity index (χ3v) is 5.10. The van der Waals surface area contributed by atoms with Crippen LogP contribution in [0.15, 0.2) is 58.1 Å². The van der Waals surface area contributed by atoms with Crippen LogP contribution in [0.5, 0.6) is 17.5 Å². The molecule has 166 valence electrons. The fourth-order valence-corrected chi connectivity index (χ4v) is 3.29. The molecular weight excluding hydrogens is 436 g/mol. The highest BCUT2D eigenvalue weighted by atomic mass is 35.5. The molecule has 2 heterocycles. The van der Waals surface area contributed by atoms with E-state index in [-0.39, 0.29) is 30.3 Å². The lowest BCUT2D eigenvalue weighted by Crippen LogP contribution is -2.30. The van der Waals surface area contributed by atoms with E-state index in [4.69, 9.17) is 21.1 Å². The van der Waals surface area contributed by atoms with E-state index >= 15 is 0 Å². The van der Waals surface area contributed by atoms with Crippen molar-refractivity contribution >= 4 is 22.8 Å². The number of aromatic nitrogens is 4. The highest BCUT2D eigenvalue weighted by Crippen LogP contribution is 2.25. The third kappa shape index (κ3) is 4.53. The van der Waals surface area contributed by atoms with Gasteiger partial charge in [0.15, 0.2) is 11.2 Å². The summed E-state index contributed by atoms with van der Waals surface area (Å²) in [5.41, 5.74) is 0.0896. The number of ether oxygens (including phenoxy) is 2. The van der Waals surface area contributed by atoms with E-state index in [1.165, 1.54) is 16.2 Å². The van der Waals surface area contributed by atoms with Crippen molar-refractivity contribution in [2.75, 3.05) is 6.61 Å². The number of hydrogen-bond donors (Lipinski definition) is 2. The van der Waals surface area contributed by atoms with Gasteiger partial charge in [-0.2, -0.15) is 4.98 Å². The Morgan fingerprint density at radius 1 is 1.09 bits per heavy atom. The molecule has 0 amide bonds. The first-order valence-corrected chi connectivity index (χ1v) is 10.2. The Morgan fingerprint density at radius 2 is 1.75 bits per heavy atom. The average molecular weight is 457 g/mol. The molecule has 0 aliphatic rings. The van der Waals surface area contributed by atoms with Gasteiger partial charge in [0.1, 0.15) is 24.2 Å². The number of fused-ring (bicyclic) bond motifs is 1. The van der Waals surface area contributed by atoms with Gasteiger partial charge in [0, 0.05) is 12.1 Å². The zero-order chi connectivity index (χ0) is 22.8. The van der Waals surface area contributed by atoms with Crippen molar-refractivity contribution in [1.29, 1.82) is 0 Å². The zero-order valence-corrected chi connectivity index (χ0v) is 18.2. The van der Waals surface area contributed by atoms with Crippen molar-refractivity contribution in [1.82, 2.24) is 19.1 Å². The summed E-state index contributed by atoms with van der Waals surface area (Å²) in [4.78, 5) is 31.2. The van der Waals surface area contributed by atoms with E-state index in [0.717, 1.165) is 5.56 Å². The van der Waals surface area contributed by atoms with E-state index in [0.29, 0.717) is 16.5 Å². The van der Waals surface area contributed by atoms with Crippen molar-refractivity contribution in [3.63, 3.8) is 0 Å². The third-order valence-electron chi connectivity index (χ3n) is 4.85. The van der Waals surface area contributed by atoms with Gasteiger partial charge in [-0.25, -0.2) is 4.79 Å². The van der Waals surface area contributed by atoms with Gasteiger partial charge in [0.25, 0.3) is 5.56 Å². The van der Waals surface area contributed by atoms with E-state index in [2.05, 4.69) is 9.97 Å². The molecule has 0 aliphatic heterocycles. The van der Waals surface area contributed by atoms with Crippen molar-refractivity contribution < 1.29 is 14.6 Å². The van der Waals surface area contributed by atoms with Crippen LogP contribution >= 0.6 is 11.6 Å². The fourth-order valence-electron chi connectivity index (χ4n) is 3.16. The van der Waals surface area contributed by atoms with E-state index in [9.17, 15) is 14.7 Å². The molecule has 0 aliphatic carbocycles. The Kier molecular flexibility index (Phi) is 6.02. The van der Waals surface area contributed by atoms with Crippen molar-refractivity contribution in [3.8, 4) is 17.5 Å². The Labute approximate surface area is 187 Å². The Balaban J connectivity index is 1.66. The minimum absolute atomic E-state index is 0.0467. The van der Waals surface area contributed by atoms with E-state index in [1.54, 1.807) is 36.4 Å². The highest BCUT2D eigenvalue weighted by Gasteiger charge is 2.21. The summed E-state index contributed by atoms with van der Waals surface area (Å²) >= 11 is 5.87. The van der Waals surface area contributed by atoms with Crippen LogP contribution in [-0.4, -0.2) is 36.9 Å². The second-order valence-corrected chi connectivity index (χ2v) is 7.77. The smallest absolute Gasteiger partial charge is 0.329 e. The molecule has 4 rings (SSSR count). The van der Waals surface area contributed by atoms with Crippen LogP contribution in [0.1, 0.15) is 5.56 Å². The number of aliphatic hydroxyl groups is 1. The molecule has 2 aromatic carbocycles. The van der Waals surface area contributed by atoms with Crippen LogP contribution in [0, 0.1) is 6.92 Å². The number of benzene rings is 2. The van der Waals surface area contributed by atoms with Gasteiger partial charge in [0.2, 0.25) is 0 Å². The van der Waals surface area contributed by atoms with Crippen molar-refractivity contribution in [2.24, 2.45) is 7.05 Å². The normalized spacial score (nSPS) is 12.1. The van der Waals surface area contributed by atoms with Gasteiger partial charge < -0.3 is 14.6 Å². The largest absolute Gasteiger partial charge is 0.491 e. The molecule has 0 saturated heterocycles. The lowest BCUT2D eigenvalue weighted by Gasteiger charge is -2.15. The zero-order valence-electron chi connectivity index (χ0n) is 17.4. The van der Waals surface area contributed by atoms with E-state index in [1.807, 2.05) is 19.1 Å². The van der Waals surface area contributed by atoms with Crippen LogP contribution in [0.4, 0.5) is 0 Å². The second-order valence-electron chi connectivity index (χ2n) is 7.33. The molecule has 0 bridgehead atoms. The van der Waals surface area contributed by atoms with Gasteiger partial charge >= 0.3 is 11.7 Å². The van der Waals surface area contributed by atoms with Crippen molar-refractivity contribution in [2.45, 2.75) is 19.6 Å². The average Bonchev–Trinajstić information content (AvgIpc) is 3.12. The SMILES string of the molecule is Cc1ccc(Oc2nc3c(c(=O)[nH]c(=O)n3C)n2CC(O)COc2ccc(Cl)cc2)cc1. The number of hydrogen-bond acceptors (Lipinski definition) is 6. The molecule has 4 aromatic rings. The standard InChI is InChI=1S/C22H21ClN4O5/c1-13-3-7-17(8-4-13)32-22-24-19-18(20(29)25-21(30)26(19)2)27(22)11-15(28)12-31-16-9-5-14(23)6-10-16/h3-10,15,28H,11-12H2,1-2H3,(H,25,29,30). The number of nitrogens with one attached hydrogen (secondary N) is 1. The maximum atomic E-state index is 12.6. The molecular formula is C22H21ClN4O5. The van der Waals surface area contributed by atoms with Gasteiger partial charge in [-0.15, -0.1) is 0 Å². The van der Waals surface area contributed by atoms with Gasteiger partial charge in [-0.1, -0.05) is 29.3 Å². The maximum absolute atomic E-state index is 12.6. The number of halogens is 1. The minimum atomic E-state index is -1.000. The van der Waals surface area contributed by atoms with E-state index < -0.39 is 17.4 Å². The van der Waals surface area contributed by atoms with Crippen molar-refractivity contribution in [3.05, 3.63) is 80.0 Å². The molecule has 2 aromatic heterocycles. The molecule has 9 nitrogen and oxygen atoms in total. The summed E-state index contributed by atoms with van der Waals surface area (Å²) in [7, 11) is 1.49. The number of H-pyrrole nitrogens is 1. The molecule has 10 heteroatoms. The molecule has 0 fully saturated rings. The van der Waals surface area contributed by atoms with Crippen LogP contribution in [0.2, 0.25) is 5.02 Å². The first kappa shape index (κ1) is 21.7. The maximum Gasteiger partial charge on any atom is 0.329 e. The Hall–Kier alpha value is -3.56. The minimum Gasteiger partial charge on any atom is -0.491 e. The van der Waals surface area contributed by atoms with Gasteiger partial charge in [-0.3, -0.25) is 18.9 Å². The highest BCUT2D eigenvalue weighted by molar-refractivity contribution is 6.30. The fraction of sp³-hybridized carbons (Fsp3) is 0.227. The molecule has 2 N–H and O–H groups in total. The molecule has 0 radical (unpaired) electrons. The number of aliphatic hydroxyl groups excluding tert-OH is 1. The van der Waals surface area contributed by atoms with Gasteiger partial charge in [-0.05, 0) is 43.3 Å². The molecule has 1 unspecified atom stereocenters. The monoisotopic (exact) mass is 456 g/mol. The molecule has 32 heavy (non-hydrogen) atoms. The lowest BCUT2D eigenvalue weighted by atomic mass is 10.2. The van der Waals surface area contributed by atoms with Crippen LogP contribution < -0.4 is 20.7 Å². The molecule has 0 spiro atoms. The Morgan fingerprint density at radius 3 is 2.44 bits per heavy atom. The number of nitrogens with zero attached hydrogens (tertiary/aromatic N) is 3. The van der Waals surface area contributed by atoms with Crippen LogP contribution in [-0.2, 0) is 13.6 Å².